The number of methoxy groups -OCH3 is 2. The Kier molecular flexibility index (Phi) is 4.70. The fraction of sp³-hybridized carbons (Fsp3) is 0.263. The fourth-order valence-electron chi connectivity index (χ4n) is 2.89. The topological polar surface area (TPSA) is 51.1 Å². The zero-order chi connectivity index (χ0) is 18.0. The molecule has 0 N–H and O–H groups in total. The van der Waals surface area contributed by atoms with Crippen LogP contribution in [0, 0.1) is 5.82 Å². The number of ether oxygens (including phenoxy) is 2. The number of hydrazone groups is 1. The molecule has 1 atom stereocenters. The number of hydrogen-bond donors (Lipinski definition) is 0. The van der Waals surface area contributed by atoms with Crippen molar-refractivity contribution in [1.29, 1.82) is 0 Å². The molecule has 2 aromatic rings. The van der Waals surface area contributed by atoms with Gasteiger partial charge in [-0.3, -0.25) is 4.79 Å². The first-order chi connectivity index (χ1) is 12.0. The number of nitrogens with zero attached hydrogens (tertiary/aromatic N) is 2. The Morgan fingerprint density at radius 3 is 2.24 bits per heavy atom. The van der Waals surface area contributed by atoms with Gasteiger partial charge in [0.15, 0.2) is 0 Å². The van der Waals surface area contributed by atoms with Gasteiger partial charge in [-0.2, -0.15) is 5.10 Å². The van der Waals surface area contributed by atoms with Gasteiger partial charge in [0.25, 0.3) is 0 Å². The normalized spacial score (nSPS) is 16.6. The molecule has 2 aromatic carbocycles. The van der Waals surface area contributed by atoms with Crippen molar-refractivity contribution in [2.45, 2.75) is 19.4 Å². The highest BCUT2D eigenvalue weighted by Gasteiger charge is 2.31. The van der Waals surface area contributed by atoms with E-state index < -0.39 is 0 Å². The summed E-state index contributed by atoms with van der Waals surface area (Å²) >= 11 is 0. The first kappa shape index (κ1) is 17.0. The maximum atomic E-state index is 13.2. The number of benzene rings is 2. The summed E-state index contributed by atoms with van der Waals surface area (Å²) in [5.41, 5.74) is 2.42. The molecule has 1 heterocycles. The SMILES string of the molecule is COc1cc(OC)cc(C2=NN(C(C)=O)[C@@H](c3ccc(F)cc3)C2)c1. The van der Waals surface area contributed by atoms with Crippen molar-refractivity contribution in [1.82, 2.24) is 5.01 Å². The molecule has 3 rings (SSSR count). The molecular weight excluding hydrogens is 323 g/mol. The van der Waals surface area contributed by atoms with E-state index in [1.54, 1.807) is 32.4 Å². The van der Waals surface area contributed by atoms with E-state index in [2.05, 4.69) is 5.10 Å². The predicted molar refractivity (Wildman–Crippen MR) is 92.4 cm³/mol. The molecule has 0 bridgehead atoms. The van der Waals surface area contributed by atoms with Crippen LogP contribution in [-0.2, 0) is 4.79 Å². The zero-order valence-corrected chi connectivity index (χ0v) is 14.3. The molecule has 1 aliphatic heterocycles. The fourth-order valence-corrected chi connectivity index (χ4v) is 2.89. The second kappa shape index (κ2) is 6.93. The summed E-state index contributed by atoms with van der Waals surface area (Å²) in [6.45, 7) is 1.47. The summed E-state index contributed by atoms with van der Waals surface area (Å²) in [6, 6.07) is 11.4. The van der Waals surface area contributed by atoms with Gasteiger partial charge in [0.05, 0.1) is 26.0 Å². The van der Waals surface area contributed by atoms with Crippen LogP contribution in [0.15, 0.2) is 47.6 Å². The summed E-state index contributed by atoms with van der Waals surface area (Å²) in [6.07, 6.45) is 0.529. The molecule has 0 unspecified atom stereocenters. The molecule has 0 radical (unpaired) electrons. The van der Waals surface area contributed by atoms with Gasteiger partial charge in [-0.25, -0.2) is 9.40 Å². The van der Waals surface area contributed by atoms with Crippen LogP contribution >= 0.6 is 0 Å². The summed E-state index contributed by atoms with van der Waals surface area (Å²) in [5.74, 6) is 0.822. The minimum Gasteiger partial charge on any atom is -0.497 e. The lowest BCUT2D eigenvalue weighted by Gasteiger charge is -2.20. The van der Waals surface area contributed by atoms with Gasteiger partial charge in [-0.15, -0.1) is 0 Å². The van der Waals surface area contributed by atoms with Crippen molar-refractivity contribution in [2.24, 2.45) is 5.10 Å². The van der Waals surface area contributed by atoms with Crippen LogP contribution in [0.4, 0.5) is 4.39 Å². The summed E-state index contributed by atoms with van der Waals surface area (Å²) in [7, 11) is 3.16. The third-order valence-electron chi connectivity index (χ3n) is 4.17. The van der Waals surface area contributed by atoms with Crippen molar-refractivity contribution in [2.75, 3.05) is 14.2 Å². The number of carbonyl (C=O) groups is 1. The zero-order valence-electron chi connectivity index (χ0n) is 14.3. The highest BCUT2D eigenvalue weighted by molar-refractivity contribution is 6.03. The molecule has 0 saturated heterocycles. The highest BCUT2D eigenvalue weighted by atomic mass is 19.1. The first-order valence-corrected chi connectivity index (χ1v) is 7.88. The molecule has 1 aliphatic rings. The third-order valence-corrected chi connectivity index (χ3v) is 4.17. The van der Waals surface area contributed by atoms with Crippen LogP contribution in [0.5, 0.6) is 11.5 Å². The van der Waals surface area contributed by atoms with Gasteiger partial charge in [-0.1, -0.05) is 12.1 Å². The molecular formula is C19H19FN2O3. The van der Waals surface area contributed by atoms with Gasteiger partial charge in [-0.05, 0) is 29.8 Å². The second-order valence-electron chi connectivity index (χ2n) is 5.78. The van der Waals surface area contributed by atoms with Gasteiger partial charge in [0.1, 0.15) is 17.3 Å². The van der Waals surface area contributed by atoms with E-state index in [1.807, 2.05) is 12.1 Å². The van der Waals surface area contributed by atoms with Crippen molar-refractivity contribution in [3.63, 3.8) is 0 Å². The second-order valence-corrected chi connectivity index (χ2v) is 5.78. The first-order valence-electron chi connectivity index (χ1n) is 7.88. The summed E-state index contributed by atoms with van der Waals surface area (Å²) in [4.78, 5) is 12.0. The minimum absolute atomic E-state index is 0.167. The average Bonchev–Trinajstić information content (AvgIpc) is 3.07. The van der Waals surface area contributed by atoms with E-state index >= 15 is 0 Å². The lowest BCUT2D eigenvalue weighted by molar-refractivity contribution is -0.130. The Bertz CT molecular complexity index is 796. The molecule has 0 aliphatic carbocycles. The van der Waals surface area contributed by atoms with Crippen molar-refractivity contribution in [3.05, 3.63) is 59.4 Å². The van der Waals surface area contributed by atoms with E-state index in [0.717, 1.165) is 16.8 Å². The standard InChI is InChI=1S/C19H19FN2O3/c1-12(23)22-19(13-4-6-15(20)7-5-13)11-18(21-22)14-8-16(24-2)10-17(9-14)25-3/h4-10,19H,11H2,1-3H3/t19-/m1/s1. The van der Waals surface area contributed by atoms with E-state index in [9.17, 15) is 9.18 Å². The van der Waals surface area contributed by atoms with Crippen molar-refractivity contribution >= 4 is 11.6 Å². The maximum Gasteiger partial charge on any atom is 0.240 e. The molecule has 0 saturated carbocycles. The third kappa shape index (κ3) is 3.47. The molecule has 130 valence electrons. The maximum absolute atomic E-state index is 13.2. The lowest BCUT2D eigenvalue weighted by atomic mass is 9.98. The predicted octanol–water partition coefficient (Wildman–Crippen LogP) is 3.54. The van der Waals surface area contributed by atoms with Crippen LogP contribution in [0.25, 0.3) is 0 Å². The summed E-state index contributed by atoms with van der Waals surface area (Å²) in [5, 5.41) is 5.92. The molecule has 25 heavy (non-hydrogen) atoms. The number of amides is 1. The molecule has 0 aromatic heterocycles. The van der Waals surface area contributed by atoms with Crippen LogP contribution in [0.2, 0.25) is 0 Å². The van der Waals surface area contributed by atoms with Crippen molar-refractivity contribution in [3.8, 4) is 11.5 Å². The van der Waals surface area contributed by atoms with E-state index in [-0.39, 0.29) is 17.8 Å². The largest absolute Gasteiger partial charge is 0.497 e. The van der Waals surface area contributed by atoms with Crippen molar-refractivity contribution < 1.29 is 18.7 Å². The number of halogens is 1. The number of carbonyl (C=O) groups excluding carboxylic acids is 1. The Balaban J connectivity index is 1.97. The van der Waals surface area contributed by atoms with Gasteiger partial charge >= 0.3 is 0 Å². The van der Waals surface area contributed by atoms with E-state index in [1.165, 1.54) is 24.1 Å². The smallest absolute Gasteiger partial charge is 0.240 e. The van der Waals surface area contributed by atoms with Gasteiger partial charge in [0, 0.05) is 25.0 Å². The highest BCUT2D eigenvalue weighted by Crippen LogP contribution is 2.34. The van der Waals surface area contributed by atoms with E-state index in [4.69, 9.17) is 9.47 Å². The molecule has 1 amide bonds. The molecule has 0 fully saturated rings. The Hall–Kier alpha value is -2.89. The Labute approximate surface area is 145 Å². The lowest BCUT2D eigenvalue weighted by Crippen LogP contribution is -2.24. The van der Waals surface area contributed by atoms with Crippen LogP contribution < -0.4 is 9.47 Å². The van der Waals surface area contributed by atoms with Crippen LogP contribution in [0.1, 0.15) is 30.5 Å². The number of rotatable bonds is 4. The average molecular weight is 342 g/mol. The van der Waals surface area contributed by atoms with Gasteiger partial charge in [0.2, 0.25) is 5.91 Å². The van der Waals surface area contributed by atoms with Crippen LogP contribution in [-0.4, -0.2) is 30.8 Å². The quantitative estimate of drug-likeness (QED) is 0.854. The Morgan fingerprint density at radius 1 is 1.12 bits per heavy atom. The van der Waals surface area contributed by atoms with E-state index in [0.29, 0.717) is 17.9 Å². The summed E-state index contributed by atoms with van der Waals surface area (Å²) < 4.78 is 23.8. The molecule has 6 heteroatoms. The van der Waals surface area contributed by atoms with Crippen LogP contribution in [0.3, 0.4) is 0 Å². The Morgan fingerprint density at radius 2 is 1.72 bits per heavy atom. The van der Waals surface area contributed by atoms with Gasteiger partial charge < -0.3 is 9.47 Å². The molecule has 0 spiro atoms. The molecule has 5 nitrogen and oxygen atoms in total. The monoisotopic (exact) mass is 342 g/mol. The number of hydrogen-bond acceptors (Lipinski definition) is 4. The minimum atomic E-state index is -0.310.